The number of halogens is 1. The number of hydrogen-bond acceptors (Lipinski definition) is 4. The molecule has 0 aromatic heterocycles. The smallest absolute Gasteiger partial charge is 0.264 e. The van der Waals surface area contributed by atoms with Gasteiger partial charge in [0.15, 0.2) is 0 Å². The summed E-state index contributed by atoms with van der Waals surface area (Å²) in [5, 5.41) is 0. The van der Waals surface area contributed by atoms with Crippen molar-refractivity contribution in [2.45, 2.75) is 4.90 Å². The first-order valence-corrected chi connectivity index (χ1v) is 7.13. The van der Waals surface area contributed by atoms with Crippen LogP contribution in [0.1, 0.15) is 0 Å². The van der Waals surface area contributed by atoms with Crippen molar-refractivity contribution in [3.63, 3.8) is 0 Å². The minimum absolute atomic E-state index is 0.0335. The number of benzene rings is 2. The van der Waals surface area contributed by atoms with Crippen molar-refractivity contribution in [1.82, 2.24) is 0 Å². The van der Waals surface area contributed by atoms with Crippen LogP contribution in [0.4, 0.5) is 15.8 Å². The van der Waals surface area contributed by atoms with E-state index in [0.29, 0.717) is 5.75 Å². The van der Waals surface area contributed by atoms with Crippen LogP contribution in [0.2, 0.25) is 0 Å². The van der Waals surface area contributed by atoms with Gasteiger partial charge in [-0.3, -0.25) is 4.72 Å². The number of rotatable bonds is 4. The molecule has 0 spiro atoms. The summed E-state index contributed by atoms with van der Waals surface area (Å²) >= 11 is 0. The molecule has 0 aliphatic rings. The largest absolute Gasteiger partial charge is 0.495 e. The molecule has 2 aromatic carbocycles. The number of para-hydroxylation sites is 2. The summed E-state index contributed by atoms with van der Waals surface area (Å²) in [5.74, 6) is -0.328. The van der Waals surface area contributed by atoms with Crippen LogP contribution in [0.5, 0.6) is 5.75 Å². The number of nitrogens with one attached hydrogen (secondary N) is 1. The molecule has 0 atom stereocenters. The summed E-state index contributed by atoms with van der Waals surface area (Å²) in [4.78, 5) is -0.316. The first-order chi connectivity index (χ1) is 9.44. The first-order valence-electron chi connectivity index (χ1n) is 5.65. The molecule has 0 unspecified atom stereocenters. The van der Waals surface area contributed by atoms with Crippen molar-refractivity contribution < 1.29 is 17.5 Å². The number of nitrogens with two attached hydrogens (primary N) is 1. The second-order valence-electron chi connectivity index (χ2n) is 3.99. The van der Waals surface area contributed by atoms with Crippen molar-refractivity contribution in [2.24, 2.45) is 0 Å². The Labute approximate surface area is 116 Å². The van der Waals surface area contributed by atoms with Crippen molar-refractivity contribution in [1.29, 1.82) is 0 Å². The van der Waals surface area contributed by atoms with E-state index in [1.54, 1.807) is 18.2 Å². The van der Waals surface area contributed by atoms with Crippen molar-refractivity contribution >= 4 is 21.4 Å². The van der Waals surface area contributed by atoms with Crippen molar-refractivity contribution in [3.8, 4) is 5.75 Å². The van der Waals surface area contributed by atoms with E-state index in [4.69, 9.17) is 10.5 Å². The fraction of sp³-hybridized carbons (Fsp3) is 0.0769. The van der Waals surface area contributed by atoms with Crippen LogP contribution in [0.25, 0.3) is 0 Å². The molecule has 0 fully saturated rings. The molecule has 0 saturated heterocycles. The Hall–Kier alpha value is -2.28. The molecule has 5 nitrogen and oxygen atoms in total. The fourth-order valence-corrected chi connectivity index (χ4v) is 2.88. The van der Waals surface area contributed by atoms with E-state index in [2.05, 4.69) is 4.72 Å². The van der Waals surface area contributed by atoms with Gasteiger partial charge in [-0.25, -0.2) is 12.8 Å². The Morgan fingerprint density at radius 2 is 1.90 bits per heavy atom. The van der Waals surface area contributed by atoms with Crippen LogP contribution < -0.4 is 15.2 Å². The van der Waals surface area contributed by atoms with Gasteiger partial charge in [0, 0.05) is 0 Å². The van der Waals surface area contributed by atoms with Gasteiger partial charge in [-0.05, 0) is 30.3 Å². The molecule has 106 valence electrons. The van der Waals surface area contributed by atoms with Crippen molar-refractivity contribution in [2.75, 3.05) is 17.6 Å². The highest BCUT2D eigenvalue weighted by Crippen LogP contribution is 2.28. The van der Waals surface area contributed by atoms with E-state index in [0.717, 1.165) is 12.1 Å². The lowest BCUT2D eigenvalue weighted by molar-refractivity contribution is 0.417. The maximum absolute atomic E-state index is 13.2. The van der Waals surface area contributed by atoms with Gasteiger partial charge in [0.05, 0.1) is 18.5 Å². The monoisotopic (exact) mass is 296 g/mol. The molecule has 3 N–H and O–H groups in total. The quantitative estimate of drug-likeness (QED) is 0.848. The Kier molecular flexibility index (Phi) is 3.80. The summed E-state index contributed by atoms with van der Waals surface area (Å²) in [7, 11) is -2.57. The number of hydrogen-bond donors (Lipinski definition) is 2. The maximum atomic E-state index is 13.2. The second-order valence-corrected chi connectivity index (χ2v) is 5.64. The predicted molar refractivity (Wildman–Crippen MR) is 74.6 cm³/mol. The molecule has 0 bridgehead atoms. The minimum atomic E-state index is -3.99. The first kappa shape index (κ1) is 14.1. The van der Waals surface area contributed by atoms with Gasteiger partial charge in [-0.1, -0.05) is 12.1 Å². The standard InChI is InChI=1S/C13H13FN2O3S/c1-19-12-5-3-2-4-11(12)16-20(17,18)13-8-9(14)6-7-10(13)15/h2-8,16H,15H2,1H3. The van der Waals surface area contributed by atoms with E-state index in [1.807, 2.05) is 0 Å². The third-order valence-electron chi connectivity index (χ3n) is 2.62. The van der Waals surface area contributed by atoms with Gasteiger partial charge in [0.25, 0.3) is 10.0 Å². The minimum Gasteiger partial charge on any atom is -0.495 e. The number of nitrogen functional groups attached to an aromatic ring is 1. The SMILES string of the molecule is COc1ccccc1NS(=O)(=O)c1cc(F)ccc1N. The van der Waals surface area contributed by atoms with E-state index >= 15 is 0 Å². The highest BCUT2D eigenvalue weighted by molar-refractivity contribution is 7.92. The molecule has 0 aliphatic heterocycles. The lowest BCUT2D eigenvalue weighted by atomic mass is 10.3. The van der Waals surface area contributed by atoms with Crippen LogP contribution >= 0.6 is 0 Å². The second kappa shape index (κ2) is 5.38. The summed E-state index contributed by atoms with van der Waals surface area (Å²) in [5.41, 5.74) is 5.80. The van der Waals surface area contributed by atoms with E-state index in [9.17, 15) is 12.8 Å². The van der Waals surface area contributed by atoms with Gasteiger partial charge in [0.1, 0.15) is 16.5 Å². The van der Waals surface area contributed by atoms with Gasteiger partial charge in [-0.15, -0.1) is 0 Å². The third kappa shape index (κ3) is 2.83. The van der Waals surface area contributed by atoms with Crippen LogP contribution in [-0.2, 0) is 10.0 Å². The molecule has 0 saturated carbocycles. The van der Waals surface area contributed by atoms with Crippen LogP contribution in [0.3, 0.4) is 0 Å². The Balaban J connectivity index is 2.43. The highest BCUT2D eigenvalue weighted by Gasteiger charge is 2.19. The number of sulfonamides is 1. The van der Waals surface area contributed by atoms with Gasteiger partial charge in [-0.2, -0.15) is 0 Å². The lowest BCUT2D eigenvalue weighted by Crippen LogP contribution is -2.15. The van der Waals surface area contributed by atoms with Crippen molar-refractivity contribution in [3.05, 3.63) is 48.3 Å². The normalized spacial score (nSPS) is 11.1. The zero-order valence-corrected chi connectivity index (χ0v) is 11.4. The molecule has 2 aromatic rings. The fourth-order valence-electron chi connectivity index (χ4n) is 1.67. The predicted octanol–water partition coefficient (Wildman–Crippen LogP) is 2.22. The topological polar surface area (TPSA) is 81.4 Å². The molecule has 2 rings (SSSR count). The lowest BCUT2D eigenvalue weighted by Gasteiger charge is -2.12. The van der Waals surface area contributed by atoms with Gasteiger partial charge >= 0.3 is 0 Å². The number of methoxy groups -OCH3 is 1. The molecule has 0 radical (unpaired) electrons. The Morgan fingerprint density at radius 3 is 2.60 bits per heavy atom. The van der Waals surface area contributed by atoms with E-state index in [1.165, 1.54) is 19.2 Å². The summed E-state index contributed by atoms with van der Waals surface area (Å²) in [6, 6.07) is 9.65. The average Bonchev–Trinajstić information content (AvgIpc) is 2.41. The van der Waals surface area contributed by atoms with E-state index < -0.39 is 15.8 Å². The van der Waals surface area contributed by atoms with Crippen LogP contribution in [0, 0.1) is 5.82 Å². The summed E-state index contributed by atoms with van der Waals surface area (Å²) in [6.45, 7) is 0. The van der Waals surface area contributed by atoms with Gasteiger partial charge in [0.2, 0.25) is 0 Å². The maximum Gasteiger partial charge on any atom is 0.264 e. The Bertz CT molecular complexity index is 732. The molecule has 0 amide bonds. The summed E-state index contributed by atoms with van der Waals surface area (Å²) < 4.78 is 45.0. The van der Waals surface area contributed by atoms with Crippen LogP contribution in [0.15, 0.2) is 47.4 Å². The Morgan fingerprint density at radius 1 is 1.20 bits per heavy atom. The molecule has 7 heteroatoms. The van der Waals surface area contributed by atoms with Gasteiger partial charge < -0.3 is 10.5 Å². The highest BCUT2D eigenvalue weighted by atomic mass is 32.2. The zero-order chi connectivity index (χ0) is 14.8. The third-order valence-corrected chi connectivity index (χ3v) is 4.04. The zero-order valence-electron chi connectivity index (χ0n) is 10.6. The average molecular weight is 296 g/mol. The molecule has 0 aliphatic carbocycles. The van der Waals surface area contributed by atoms with Crippen LogP contribution in [-0.4, -0.2) is 15.5 Å². The molecule has 0 heterocycles. The molecular weight excluding hydrogens is 283 g/mol. The number of ether oxygens (including phenoxy) is 1. The molecule has 20 heavy (non-hydrogen) atoms. The van der Waals surface area contributed by atoms with E-state index in [-0.39, 0.29) is 16.3 Å². The molecular formula is C13H13FN2O3S. The number of anilines is 2. The summed E-state index contributed by atoms with van der Waals surface area (Å²) in [6.07, 6.45) is 0.